The molecule has 0 radical (unpaired) electrons. The van der Waals surface area contributed by atoms with Crippen molar-refractivity contribution in [2.75, 3.05) is 5.75 Å². The Bertz CT molecular complexity index is 437. The maximum Gasteiger partial charge on any atom is 0.317 e. The van der Waals surface area contributed by atoms with E-state index in [1.165, 1.54) is 0 Å². The number of carboxylic acid groups (broad SMARTS) is 1. The Morgan fingerprint density at radius 1 is 1.38 bits per heavy atom. The second kappa shape index (κ2) is 3.48. The maximum absolute atomic E-state index is 11.5. The molecule has 1 fully saturated rings. The number of fused-ring (bicyclic) bond motifs is 1. The first kappa shape index (κ1) is 10.1. The molecule has 86 valence electrons. The number of aliphatic carboxylic acids is 1. The third-order valence-electron chi connectivity index (χ3n) is 3.56. The molecule has 0 saturated heterocycles. The van der Waals surface area contributed by atoms with Crippen LogP contribution in [0.4, 0.5) is 0 Å². The standard InChI is InChI=1S/C10H13N3O2S/c14-8(15)10(3-1-2-4-10)7-11-12-9-13(7)5-6-16-9/h1-6H2,(H,14,15). The summed E-state index contributed by atoms with van der Waals surface area (Å²) in [5.74, 6) is 0.919. The van der Waals surface area contributed by atoms with Gasteiger partial charge in [0.2, 0.25) is 0 Å². The Hall–Kier alpha value is -1.04. The number of carbonyl (C=O) groups is 1. The Kier molecular flexibility index (Phi) is 2.20. The number of hydrogen-bond acceptors (Lipinski definition) is 4. The summed E-state index contributed by atoms with van der Waals surface area (Å²) < 4.78 is 1.99. The van der Waals surface area contributed by atoms with Crippen molar-refractivity contribution < 1.29 is 9.90 Å². The Balaban J connectivity index is 2.09. The molecule has 1 saturated carbocycles. The number of aromatic nitrogens is 3. The monoisotopic (exact) mass is 239 g/mol. The smallest absolute Gasteiger partial charge is 0.317 e. The molecule has 1 aromatic rings. The lowest BCUT2D eigenvalue weighted by Gasteiger charge is -2.22. The van der Waals surface area contributed by atoms with Crippen molar-refractivity contribution in [1.29, 1.82) is 0 Å². The molecule has 1 N–H and O–H groups in total. The topological polar surface area (TPSA) is 68.0 Å². The molecule has 5 nitrogen and oxygen atoms in total. The van der Waals surface area contributed by atoms with E-state index in [-0.39, 0.29) is 0 Å². The Morgan fingerprint density at radius 3 is 2.81 bits per heavy atom. The van der Waals surface area contributed by atoms with Crippen LogP contribution in [0.25, 0.3) is 0 Å². The van der Waals surface area contributed by atoms with Crippen LogP contribution in [0.2, 0.25) is 0 Å². The van der Waals surface area contributed by atoms with Gasteiger partial charge in [-0.3, -0.25) is 4.79 Å². The highest BCUT2D eigenvalue weighted by atomic mass is 32.2. The fourth-order valence-electron chi connectivity index (χ4n) is 2.69. The lowest BCUT2D eigenvalue weighted by Crippen LogP contribution is -2.35. The van der Waals surface area contributed by atoms with E-state index in [0.29, 0.717) is 18.7 Å². The van der Waals surface area contributed by atoms with E-state index < -0.39 is 11.4 Å². The van der Waals surface area contributed by atoms with Gasteiger partial charge in [-0.05, 0) is 12.8 Å². The fourth-order valence-corrected chi connectivity index (χ4v) is 3.58. The molecule has 16 heavy (non-hydrogen) atoms. The zero-order chi connectivity index (χ0) is 11.2. The third-order valence-corrected chi connectivity index (χ3v) is 4.50. The van der Waals surface area contributed by atoms with Crippen molar-refractivity contribution in [1.82, 2.24) is 14.8 Å². The van der Waals surface area contributed by atoms with Crippen LogP contribution >= 0.6 is 11.8 Å². The molecule has 0 spiro atoms. The largest absolute Gasteiger partial charge is 0.480 e. The van der Waals surface area contributed by atoms with E-state index in [9.17, 15) is 9.90 Å². The molecule has 0 unspecified atom stereocenters. The molecular weight excluding hydrogens is 226 g/mol. The maximum atomic E-state index is 11.5. The van der Waals surface area contributed by atoms with Crippen molar-refractivity contribution in [2.45, 2.75) is 42.8 Å². The summed E-state index contributed by atoms with van der Waals surface area (Å²) in [5, 5.41) is 18.6. The minimum atomic E-state index is -0.768. The summed E-state index contributed by atoms with van der Waals surface area (Å²) in [4.78, 5) is 11.5. The molecule has 1 aromatic heterocycles. The third kappa shape index (κ3) is 1.22. The van der Waals surface area contributed by atoms with Crippen LogP contribution in [0, 0.1) is 0 Å². The van der Waals surface area contributed by atoms with Crippen molar-refractivity contribution in [3.05, 3.63) is 5.82 Å². The van der Waals surface area contributed by atoms with Crippen molar-refractivity contribution >= 4 is 17.7 Å². The normalized spacial score (nSPS) is 22.2. The molecule has 0 atom stereocenters. The van der Waals surface area contributed by atoms with Crippen LogP contribution in [-0.2, 0) is 16.8 Å². The van der Waals surface area contributed by atoms with E-state index in [2.05, 4.69) is 10.2 Å². The van der Waals surface area contributed by atoms with Gasteiger partial charge in [0, 0.05) is 12.3 Å². The van der Waals surface area contributed by atoms with Gasteiger partial charge in [0.05, 0.1) is 0 Å². The number of rotatable bonds is 2. The van der Waals surface area contributed by atoms with Crippen LogP contribution in [0.5, 0.6) is 0 Å². The Morgan fingerprint density at radius 2 is 2.12 bits per heavy atom. The highest BCUT2D eigenvalue weighted by Gasteiger charge is 2.47. The van der Waals surface area contributed by atoms with Gasteiger partial charge >= 0.3 is 5.97 Å². The first-order valence-electron chi connectivity index (χ1n) is 5.54. The van der Waals surface area contributed by atoms with Gasteiger partial charge in [-0.25, -0.2) is 0 Å². The highest BCUT2D eigenvalue weighted by Crippen LogP contribution is 2.42. The highest BCUT2D eigenvalue weighted by molar-refractivity contribution is 7.99. The lowest BCUT2D eigenvalue weighted by atomic mass is 9.85. The van der Waals surface area contributed by atoms with Gasteiger partial charge in [0.1, 0.15) is 5.41 Å². The van der Waals surface area contributed by atoms with Gasteiger partial charge in [-0.15, -0.1) is 10.2 Å². The van der Waals surface area contributed by atoms with Crippen molar-refractivity contribution in [3.63, 3.8) is 0 Å². The van der Waals surface area contributed by atoms with Crippen molar-refractivity contribution in [3.8, 4) is 0 Å². The molecule has 6 heteroatoms. The number of carboxylic acids is 1. The summed E-state index contributed by atoms with van der Waals surface area (Å²) in [6, 6.07) is 0. The van der Waals surface area contributed by atoms with Crippen LogP contribution in [0.1, 0.15) is 31.5 Å². The summed E-state index contributed by atoms with van der Waals surface area (Å²) >= 11 is 1.65. The first-order chi connectivity index (χ1) is 7.74. The van der Waals surface area contributed by atoms with E-state index in [4.69, 9.17) is 0 Å². The zero-order valence-electron chi connectivity index (χ0n) is 8.85. The van der Waals surface area contributed by atoms with Crippen LogP contribution < -0.4 is 0 Å². The second-order valence-corrected chi connectivity index (χ2v) is 5.46. The average Bonchev–Trinajstić information content (AvgIpc) is 2.93. The van der Waals surface area contributed by atoms with Gasteiger partial charge < -0.3 is 9.67 Å². The minimum absolute atomic E-state index is 0.678. The minimum Gasteiger partial charge on any atom is -0.480 e. The number of nitrogens with zero attached hydrogens (tertiary/aromatic N) is 3. The predicted molar refractivity (Wildman–Crippen MR) is 58.5 cm³/mol. The van der Waals surface area contributed by atoms with E-state index in [0.717, 1.165) is 30.3 Å². The summed E-state index contributed by atoms with van der Waals surface area (Å²) in [6.45, 7) is 0.845. The second-order valence-electron chi connectivity index (χ2n) is 4.40. The van der Waals surface area contributed by atoms with Gasteiger partial charge in [0.25, 0.3) is 0 Å². The molecular formula is C10H13N3O2S. The molecule has 0 aromatic carbocycles. The van der Waals surface area contributed by atoms with E-state index >= 15 is 0 Å². The molecule has 0 amide bonds. The SMILES string of the molecule is O=C(O)C1(c2nnc3n2CCS3)CCCC1. The van der Waals surface area contributed by atoms with E-state index in [1.54, 1.807) is 11.8 Å². The van der Waals surface area contributed by atoms with Crippen molar-refractivity contribution in [2.24, 2.45) is 0 Å². The summed E-state index contributed by atoms with van der Waals surface area (Å²) in [7, 11) is 0. The summed E-state index contributed by atoms with van der Waals surface area (Å²) in [6.07, 6.45) is 3.35. The van der Waals surface area contributed by atoms with Gasteiger partial charge in [0.15, 0.2) is 11.0 Å². The number of hydrogen-bond donors (Lipinski definition) is 1. The van der Waals surface area contributed by atoms with Gasteiger partial charge in [-0.1, -0.05) is 24.6 Å². The number of thioether (sulfide) groups is 1. The Labute approximate surface area is 97.2 Å². The average molecular weight is 239 g/mol. The van der Waals surface area contributed by atoms with Crippen LogP contribution in [-0.4, -0.2) is 31.6 Å². The first-order valence-corrected chi connectivity index (χ1v) is 6.52. The molecule has 1 aliphatic heterocycles. The predicted octanol–water partition coefficient (Wildman–Crippen LogP) is 1.28. The molecule has 1 aliphatic carbocycles. The van der Waals surface area contributed by atoms with Gasteiger partial charge in [-0.2, -0.15) is 0 Å². The molecule has 2 heterocycles. The lowest BCUT2D eigenvalue weighted by molar-refractivity contribution is -0.144. The fraction of sp³-hybridized carbons (Fsp3) is 0.700. The molecule has 2 aliphatic rings. The summed E-state index contributed by atoms with van der Waals surface area (Å²) in [5.41, 5.74) is -0.768. The molecule has 3 rings (SSSR count). The van der Waals surface area contributed by atoms with Crippen LogP contribution in [0.3, 0.4) is 0 Å². The van der Waals surface area contributed by atoms with Crippen LogP contribution in [0.15, 0.2) is 5.16 Å². The quantitative estimate of drug-likeness (QED) is 0.842. The molecule has 0 bridgehead atoms. The zero-order valence-corrected chi connectivity index (χ0v) is 9.66. The van der Waals surface area contributed by atoms with E-state index in [1.807, 2.05) is 4.57 Å².